The maximum absolute atomic E-state index is 10.7. The van der Waals surface area contributed by atoms with Crippen molar-refractivity contribution in [2.45, 2.75) is 0 Å². The second-order valence-electron chi connectivity index (χ2n) is 5.28. The number of carbonyl (C=O) groups excluding carboxylic acids is 2. The smallest absolute Gasteiger partial charge is 0.478 e. The Morgan fingerprint density at radius 3 is 0.968 bits per heavy atom. The van der Waals surface area contributed by atoms with Crippen molar-refractivity contribution in [1.82, 2.24) is 0 Å². The van der Waals surface area contributed by atoms with Crippen LogP contribution in [0.25, 0.3) is 0 Å². The number of hydrogen-bond donors (Lipinski definition) is 6. The molecule has 2 aromatic carbocycles. The molecule has 0 atom stereocenters. The average Bonchev–Trinajstić information content (AvgIpc) is 2.69. The van der Waals surface area contributed by atoms with Crippen molar-refractivity contribution in [3.8, 4) is 0 Å². The molecule has 12 nitrogen and oxygen atoms in total. The predicted molar refractivity (Wildman–Crippen MR) is 99.3 cm³/mol. The second-order valence-corrected chi connectivity index (χ2v) is 5.28. The van der Waals surface area contributed by atoms with Gasteiger partial charge in [-0.05, 0) is 48.5 Å². The minimum Gasteiger partial charge on any atom is -0.478 e. The van der Waals surface area contributed by atoms with Crippen LogP contribution in [-0.2, 0) is 35.7 Å². The Morgan fingerprint density at radius 1 is 0.516 bits per heavy atom. The number of nitrogens with one attached hydrogen (secondary N) is 2. The summed E-state index contributed by atoms with van der Waals surface area (Å²) in [5.41, 5.74) is 0.575. The molecule has 0 aliphatic heterocycles. The van der Waals surface area contributed by atoms with Crippen molar-refractivity contribution >= 4 is 47.1 Å². The fourth-order valence-corrected chi connectivity index (χ4v) is 1.76. The summed E-state index contributed by atoms with van der Waals surface area (Å²) in [6.07, 6.45) is 0. The number of carbonyl (C=O) groups is 6. The molecule has 2 rings (SSSR count). The first-order chi connectivity index (χ1) is 14.0. The van der Waals surface area contributed by atoms with E-state index in [1.54, 1.807) is 0 Å². The van der Waals surface area contributed by atoms with Gasteiger partial charge in [0.25, 0.3) is 0 Å². The topological polar surface area (TPSA) is 207 Å². The van der Waals surface area contributed by atoms with Crippen LogP contribution in [0.1, 0.15) is 20.7 Å². The number of rotatable bonds is 4. The summed E-state index contributed by atoms with van der Waals surface area (Å²) >= 11 is 0. The van der Waals surface area contributed by atoms with Gasteiger partial charge in [0.05, 0.1) is 11.1 Å². The van der Waals surface area contributed by atoms with E-state index in [2.05, 4.69) is 10.6 Å². The summed E-state index contributed by atoms with van der Waals surface area (Å²) in [5.74, 6) is -7.72. The molecule has 0 fully saturated rings. The zero-order valence-corrected chi connectivity index (χ0v) is 16.2. The molecule has 0 bridgehead atoms. The van der Waals surface area contributed by atoms with Gasteiger partial charge in [0.15, 0.2) is 0 Å². The van der Waals surface area contributed by atoms with Gasteiger partial charge in [0.2, 0.25) is 0 Å². The molecule has 2 aromatic rings. The van der Waals surface area contributed by atoms with E-state index in [-0.39, 0.29) is 39.0 Å². The van der Waals surface area contributed by atoms with Crippen LogP contribution in [0, 0.1) is 0 Å². The molecule has 0 radical (unpaired) electrons. The minimum absolute atomic E-state index is 0. The van der Waals surface area contributed by atoms with E-state index in [0.29, 0.717) is 0 Å². The van der Waals surface area contributed by atoms with Crippen molar-refractivity contribution in [2.24, 2.45) is 0 Å². The van der Waals surface area contributed by atoms with E-state index < -0.39 is 35.7 Å². The van der Waals surface area contributed by atoms with Gasteiger partial charge in [-0.1, -0.05) is 0 Å². The first-order valence-corrected chi connectivity index (χ1v) is 7.76. The van der Waals surface area contributed by atoms with Crippen LogP contribution in [0.4, 0.5) is 11.4 Å². The number of anilines is 2. The fraction of sp³-hybridized carbons (Fsp3) is 0. The Hall–Kier alpha value is -4.25. The van der Waals surface area contributed by atoms with E-state index in [4.69, 9.17) is 20.4 Å². The van der Waals surface area contributed by atoms with Crippen molar-refractivity contribution in [3.63, 3.8) is 0 Å². The summed E-state index contributed by atoms with van der Waals surface area (Å²) in [6.45, 7) is 0. The first-order valence-electron chi connectivity index (χ1n) is 7.76. The Bertz CT molecular complexity index is 906. The molecule has 2 amide bonds. The van der Waals surface area contributed by atoms with E-state index in [1.165, 1.54) is 48.5 Å². The Morgan fingerprint density at radius 2 is 0.774 bits per heavy atom. The van der Waals surface area contributed by atoms with Gasteiger partial charge in [-0.3, -0.25) is 9.59 Å². The SMILES string of the molecule is O=C(O)C(=O)Nc1ccc(C(=O)O)cc1.O=C(O)C(=O)Nc1ccc(C(=O)O)cc1.[Ni+2]. The molecule has 0 spiro atoms. The zero-order chi connectivity index (χ0) is 22.8. The molecular weight excluding hydrogens is 463 g/mol. The van der Waals surface area contributed by atoms with E-state index in [9.17, 15) is 28.8 Å². The molecular formula is C18H14N2NiO10+2. The molecule has 13 heteroatoms. The van der Waals surface area contributed by atoms with Crippen LogP contribution in [0.15, 0.2) is 48.5 Å². The van der Waals surface area contributed by atoms with Gasteiger partial charge in [-0.15, -0.1) is 0 Å². The van der Waals surface area contributed by atoms with Crippen LogP contribution in [-0.4, -0.2) is 56.1 Å². The van der Waals surface area contributed by atoms with Gasteiger partial charge in [0, 0.05) is 11.4 Å². The van der Waals surface area contributed by atoms with Crippen LogP contribution < -0.4 is 10.6 Å². The van der Waals surface area contributed by atoms with Crippen molar-refractivity contribution in [1.29, 1.82) is 0 Å². The molecule has 0 saturated carbocycles. The van der Waals surface area contributed by atoms with E-state index in [1.807, 2.05) is 0 Å². The number of hydrogen-bond acceptors (Lipinski definition) is 6. The van der Waals surface area contributed by atoms with E-state index >= 15 is 0 Å². The van der Waals surface area contributed by atoms with Gasteiger partial charge in [-0.2, -0.15) is 0 Å². The van der Waals surface area contributed by atoms with Crippen LogP contribution in [0.2, 0.25) is 0 Å². The van der Waals surface area contributed by atoms with E-state index in [0.717, 1.165) is 0 Å². The molecule has 0 heterocycles. The summed E-state index contributed by atoms with van der Waals surface area (Å²) in [5, 5.41) is 37.8. The van der Waals surface area contributed by atoms with Crippen LogP contribution >= 0.6 is 0 Å². The molecule has 0 saturated heterocycles. The number of amides is 2. The summed E-state index contributed by atoms with van der Waals surface area (Å²) in [7, 11) is 0. The van der Waals surface area contributed by atoms with Crippen molar-refractivity contribution in [3.05, 3.63) is 59.7 Å². The molecule has 0 aliphatic carbocycles. The van der Waals surface area contributed by atoms with Crippen LogP contribution in [0.5, 0.6) is 0 Å². The second kappa shape index (κ2) is 12.3. The monoisotopic (exact) mass is 476 g/mol. The maximum Gasteiger partial charge on any atom is 2.00 e. The molecule has 6 N–H and O–H groups in total. The number of aliphatic carboxylic acids is 2. The molecule has 31 heavy (non-hydrogen) atoms. The minimum atomic E-state index is -1.60. The molecule has 0 aliphatic rings. The summed E-state index contributed by atoms with van der Waals surface area (Å²) < 4.78 is 0. The van der Waals surface area contributed by atoms with Crippen molar-refractivity contribution < 1.29 is 65.7 Å². The standard InChI is InChI=1S/2C9H7NO5.Ni/c2*11-7(9(14)15)10-6-3-1-5(2-4-6)8(12)13;/h2*1-4H,(H,10,11)(H,12,13)(H,14,15);/q;;+2. The molecule has 164 valence electrons. The van der Waals surface area contributed by atoms with Gasteiger partial charge >= 0.3 is 52.2 Å². The first kappa shape index (κ1) is 26.8. The van der Waals surface area contributed by atoms with Gasteiger partial charge < -0.3 is 31.1 Å². The normalized spacial score (nSPS) is 9.03. The average molecular weight is 477 g/mol. The Kier molecular flexibility index (Phi) is 10.7. The third-order valence-corrected chi connectivity index (χ3v) is 3.17. The third kappa shape index (κ3) is 9.19. The maximum atomic E-state index is 10.7. The van der Waals surface area contributed by atoms with Gasteiger partial charge in [-0.25, -0.2) is 19.2 Å². The largest absolute Gasteiger partial charge is 2.00 e. The Balaban J connectivity index is 0.000000562. The quantitative estimate of drug-likeness (QED) is 0.270. The number of carboxylic acid groups (broad SMARTS) is 4. The fourth-order valence-electron chi connectivity index (χ4n) is 1.76. The van der Waals surface area contributed by atoms with Crippen LogP contribution in [0.3, 0.4) is 0 Å². The predicted octanol–water partition coefficient (Wildman–Crippen LogP) is 0.813. The zero-order valence-electron chi connectivity index (χ0n) is 15.2. The summed E-state index contributed by atoms with van der Waals surface area (Å²) in [4.78, 5) is 62.7. The number of carboxylic acids is 4. The third-order valence-electron chi connectivity index (χ3n) is 3.17. The number of aromatic carboxylic acids is 2. The molecule has 0 unspecified atom stereocenters. The van der Waals surface area contributed by atoms with Crippen molar-refractivity contribution in [2.75, 3.05) is 10.6 Å². The molecule has 0 aromatic heterocycles. The number of benzene rings is 2. The van der Waals surface area contributed by atoms with Gasteiger partial charge in [0.1, 0.15) is 0 Å². The Labute approximate surface area is 183 Å². The summed E-state index contributed by atoms with van der Waals surface area (Å²) in [6, 6.07) is 10.3.